The average Bonchev–Trinajstić information content (AvgIpc) is 2.66. The fraction of sp³-hybridized carbons (Fsp3) is 0.105. The number of rotatable bonds is 5. The Labute approximate surface area is 158 Å². The van der Waals surface area contributed by atoms with E-state index in [0.29, 0.717) is 18.4 Å². The van der Waals surface area contributed by atoms with Crippen molar-refractivity contribution in [2.24, 2.45) is 0 Å². The van der Waals surface area contributed by atoms with E-state index >= 15 is 0 Å². The Morgan fingerprint density at radius 3 is 2.41 bits per heavy atom. The fourth-order valence-corrected chi connectivity index (χ4v) is 2.67. The van der Waals surface area contributed by atoms with Crippen molar-refractivity contribution < 1.29 is 13.2 Å². The van der Waals surface area contributed by atoms with E-state index in [-0.39, 0.29) is 16.6 Å². The SMILES string of the molecule is N=C(c1ccccc1NCc1ccccc1)c1nc(Cl)ncc1C(F)(F)F. The first-order chi connectivity index (χ1) is 12.9. The largest absolute Gasteiger partial charge is 0.420 e. The van der Waals surface area contributed by atoms with Crippen molar-refractivity contribution >= 4 is 23.0 Å². The molecule has 4 nitrogen and oxygen atoms in total. The van der Waals surface area contributed by atoms with Crippen molar-refractivity contribution in [2.75, 3.05) is 5.32 Å². The third-order valence-electron chi connectivity index (χ3n) is 3.82. The van der Waals surface area contributed by atoms with E-state index in [1.807, 2.05) is 30.3 Å². The molecular weight excluding hydrogens is 377 g/mol. The fourth-order valence-electron chi connectivity index (χ4n) is 2.53. The molecule has 0 unspecified atom stereocenters. The predicted octanol–water partition coefficient (Wildman–Crippen LogP) is 5.18. The second-order valence-corrected chi connectivity index (χ2v) is 6.00. The molecule has 0 amide bonds. The first-order valence-electron chi connectivity index (χ1n) is 7.92. The average molecular weight is 391 g/mol. The van der Waals surface area contributed by atoms with E-state index in [9.17, 15) is 13.2 Å². The summed E-state index contributed by atoms with van der Waals surface area (Å²) in [5.41, 5.74) is -0.239. The highest BCUT2D eigenvalue weighted by Gasteiger charge is 2.36. The van der Waals surface area contributed by atoms with Crippen LogP contribution in [0.3, 0.4) is 0 Å². The van der Waals surface area contributed by atoms with E-state index in [2.05, 4.69) is 15.3 Å². The lowest BCUT2D eigenvalue weighted by Gasteiger charge is -2.16. The van der Waals surface area contributed by atoms with Crippen molar-refractivity contribution in [1.82, 2.24) is 9.97 Å². The van der Waals surface area contributed by atoms with Crippen LogP contribution in [0.15, 0.2) is 60.8 Å². The lowest BCUT2D eigenvalue weighted by molar-refractivity contribution is -0.138. The molecule has 8 heteroatoms. The third kappa shape index (κ3) is 4.43. The van der Waals surface area contributed by atoms with Gasteiger partial charge in [0.25, 0.3) is 0 Å². The Hall–Kier alpha value is -2.93. The number of halogens is 4. The Morgan fingerprint density at radius 1 is 1.04 bits per heavy atom. The van der Waals surface area contributed by atoms with Crippen LogP contribution >= 0.6 is 11.6 Å². The molecule has 0 saturated carbocycles. The van der Waals surface area contributed by atoms with Crippen LogP contribution < -0.4 is 5.32 Å². The summed E-state index contributed by atoms with van der Waals surface area (Å²) in [6.07, 6.45) is -4.10. The Morgan fingerprint density at radius 2 is 1.70 bits per heavy atom. The van der Waals surface area contributed by atoms with E-state index in [1.54, 1.807) is 24.3 Å². The number of nitrogens with one attached hydrogen (secondary N) is 2. The van der Waals surface area contributed by atoms with Crippen molar-refractivity contribution in [2.45, 2.75) is 12.7 Å². The first kappa shape index (κ1) is 18.8. The van der Waals surface area contributed by atoms with E-state index in [4.69, 9.17) is 17.0 Å². The zero-order valence-electron chi connectivity index (χ0n) is 13.9. The maximum Gasteiger partial charge on any atom is 0.420 e. The summed E-state index contributed by atoms with van der Waals surface area (Å²) in [7, 11) is 0. The monoisotopic (exact) mass is 390 g/mol. The quantitative estimate of drug-likeness (QED) is 0.466. The van der Waals surface area contributed by atoms with Gasteiger partial charge in [0.1, 0.15) is 11.3 Å². The lowest BCUT2D eigenvalue weighted by Crippen LogP contribution is -2.18. The standard InChI is InChI=1S/C19H14ClF3N4/c20-18-26-11-14(19(21,22)23)17(27-18)16(24)13-8-4-5-9-15(13)25-10-12-6-2-1-3-7-12/h1-9,11,24-25H,10H2. The number of hydrogen-bond acceptors (Lipinski definition) is 4. The van der Waals surface area contributed by atoms with Gasteiger partial charge in [0, 0.05) is 24.0 Å². The molecule has 0 atom stereocenters. The van der Waals surface area contributed by atoms with Gasteiger partial charge < -0.3 is 5.32 Å². The van der Waals surface area contributed by atoms with Crippen LogP contribution in [0.5, 0.6) is 0 Å². The van der Waals surface area contributed by atoms with Crippen LogP contribution in [0.4, 0.5) is 18.9 Å². The predicted molar refractivity (Wildman–Crippen MR) is 98.2 cm³/mol. The minimum absolute atomic E-state index is 0.286. The van der Waals surface area contributed by atoms with Crippen LogP contribution in [0.1, 0.15) is 22.4 Å². The van der Waals surface area contributed by atoms with Crippen molar-refractivity contribution in [1.29, 1.82) is 5.41 Å². The normalized spacial score (nSPS) is 11.3. The van der Waals surface area contributed by atoms with Gasteiger partial charge in [0.05, 0.1) is 5.71 Å². The van der Waals surface area contributed by atoms with Crippen molar-refractivity contribution in [3.8, 4) is 0 Å². The third-order valence-corrected chi connectivity index (χ3v) is 4.01. The molecule has 0 aliphatic carbocycles. The maximum absolute atomic E-state index is 13.3. The number of para-hydroxylation sites is 1. The van der Waals surface area contributed by atoms with Crippen LogP contribution in [0.2, 0.25) is 5.28 Å². The van der Waals surface area contributed by atoms with Gasteiger partial charge in [-0.25, -0.2) is 9.97 Å². The zero-order valence-corrected chi connectivity index (χ0v) is 14.6. The number of hydrogen-bond donors (Lipinski definition) is 2. The number of alkyl halides is 3. The summed E-state index contributed by atoms with van der Waals surface area (Å²) < 4.78 is 39.9. The number of aromatic nitrogens is 2. The van der Waals surface area contributed by atoms with Crippen LogP contribution in [-0.2, 0) is 12.7 Å². The lowest BCUT2D eigenvalue weighted by atomic mass is 10.0. The summed E-state index contributed by atoms with van der Waals surface area (Å²) in [5, 5.41) is 11.1. The van der Waals surface area contributed by atoms with Gasteiger partial charge in [0.2, 0.25) is 5.28 Å². The molecule has 0 aliphatic rings. The second-order valence-electron chi connectivity index (χ2n) is 5.66. The molecular formula is C19H14ClF3N4. The highest BCUT2D eigenvalue weighted by atomic mass is 35.5. The molecule has 0 radical (unpaired) electrons. The molecule has 2 aromatic carbocycles. The van der Waals surface area contributed by atoms with Crippen molar-refractivity contribution in [3.63, 3.8) is 0 Å². The van der Waals surface area contributed by atoms with E-state index < -0.39 is 17.4 Å². The molecule has 0 saturated heterocycles. The summed E-state index contributed by atoms with van der Waals surface area (Å²) in [4.78, 5) is 7.06. The highest BCUT2D eigenvalue weighted by molar-refractivity contribution is 6.28. The topological polar surface area (TPSA) is 61.7 Å². The van der Waals surface area contributed by atoms with Crippen LogP contribution in [0.25, 0.3) is 0 Å². The van der Waals surface area contributed by atoms with Gasteiger partial charge in [-0.3, -0.25) is 5.41 Å². The molecule has 1 aromatic heterocycles. The van der Waals surface area contributed by atoms with Crippen LogP contribution in [0, 0.1) is 5.41 Å². The minimum Gasteiger partial charge on any atom is -0.380 e. The molecule has 0 fully saturated rings. The zero-order chi connectivity index (χ0) is 19.4. The second kappa shape index (κ2) is 7.75. The van der Waals surface area contributed by atoms with Gasteiger partial charge in [0.15, 0.2) is 0 Å². The maximum atomic E-state index is 13.3. The summed E-state index contributed by atoms with van der Waals surface area (Å²) in [6, 6.07) is 16.2. The molecule has 27 heavy (non-hydrogen) atoms. The Balaban J connectivity index is 1.96. The summed E-state index contributed by atoms with van der Waals surface area (Å²) in [6.45, 7) is 0.460. The van der Waals surface area contributed by atoms with Crippen molar-refractivity contribution in [3.05, 3.63) is 88.5 Å². The van der Waals surface area contributed by atoms with Gasteiger partial charge in [-0.05, 0) is 23.2 Å². The minimum atomic E-state index is -4.70. The van der Waals surface area contributed by atoms with E-state index in [0.717, 1.165) is 5.56 Å². The smallest absolute Gasteiger partial charge is 0.380 e. The number of nitrogens with zero attached hydrogens (tertiary/aromatic N) is 2. The van der Waals surface area contributed by atoms with Gasteiger partial charge in [-0.1, -0.05) is 48.5 Å². The Bertz CT molecular complexity index is 959. The summed E-state index contributed by atoms with van der Waals surface area (Å²) in [5.74, 6) is 0. The van der Waals surface area contributed by atoms with Crippen LogP contribution in [-0.4, -0.2) is 15.7 Å². The molecule has 1 heterocycles. The number of anilines is 1. The molecule has 0 spiro atoms. The molecule has 138 valence electrons. The van der Waals surface area contributed by atoms with Gasteiger partial charge in [-0.2, -0.15) is 13.2 Å². The van der Waals surface area contributed by atoms with Gasteiger partial charge >= 0.3 is 6.18 Å². The number of benzene rings is 2. The van der Waals surface area contributed by atoms with E-state index in [1.165, 1.54) is 0 Å². The molecule has 3 aromatic rings. The summed E-state index contributed by atoms with van der Waals surface area (Å²) >= 11 is 5.68. The Kier molecular flexibility index (Phi) is 5.41. The first-order valence-corrected chi connectivity index (χ1v) is 8.30. The molecule has 0 aliphatic heterocycles. The molecule has 0 bridgehead atoms. The molecule has 2 N–H and O–H groups in total. The van der Waals surface area contributed by atoms with Gasteiger partial charge in [-0.15, -0.1) is 0 Å². The highest BCUT2D eigenvalue weighted by Crippen LogP contribution is 2.33. The molecule has 3 rings (SSSR count).